The van der Waals surface area contributed by atoms with Crippen molar-refractivity contribution in [2.24, 2.45) is 0 Å². The maximum atomic E-state index is 13.7. The maximum absolute atomic E-state index is 13.7. The summed E-state index contributed by atoms with van der Waals surface area (Å²) >= 11 is 0. The minimum atomic E-state index is -0.102. The van der Waals surface area contributed by atoms with Crippen LogP contribution in [0.4, 0.5) is 10.1 Å². The van der Waals surface area contributed by atoms with Crippen LogP contribution in [0.2, 0.25) is 0 Å². The van der Waals surface area contributed by atoms with Gasteiger partial charge in [0.05, 0.1) is 5.69 Å². The molecule has 0 amide bonds. The van der Waals surface area contributed by atoms with Crippen LogP contribution in [0.25, 0.3) is 0 Å². The second-order valence-electron chi connectivity index (χ2n) is 4.15. The van der Waals surface area contributed by atoms with Gasteiger partial charge < -0.3 is 4.90 Å². The van der Waals surface area contributed by atoms with E-state index in [2.05, 4.69) is 18.7 Å². The topological polar surface area (TPSA) is 3.24 Å². The molecule has 0 aromatic heterocycles. The van der Waals surface area contributed by atoms with Gasteiger partial charge in [0, 0.05) is 13.1 Å². The van der Waals surface area contributed by atoms with E-state index in [9.17, 15) is 4.39 Å². The van der Waals surface area contributed by atoms with Gasteiger partial charge in [-0.05, 0) is 25.0 Å². The smallest absolute Gasteiger partial charge is 0.146 e. The largest absolute Gasteiger partial charge is 0.369 e. The van der Waals surface area contributed by atoms with Gasteiger partial charge in [-0.3, -0.25) is 0 Å². The van der Waals surface area contributed by atoms with Crippen LogP contribution in [0.1, 0.15) is 39.5 Å². The van der Waals surface area contributed by atoms with Crippen molar-refractivity contribution in [3.05, 3.63) is 30.1 Å². The Kier molecular flexibility index (Phi) is 5.91. The van der Waals surface area contributed by atoms with Gasteiger partial charge in [-0.1, -0.05) is 38.8 Å². The van der Waals surface area contributed by atoms with Crippen molar-refractivity contribution in [1.29, 1.82) is 0 Å². The lowest BCUT2D eigenvalue weighted by Crippen LogP contribution is -2.26. The molecule has 90 valence electrons. The number of rotatable bonds is 7. The average molecular weight is 223 g/mol. The first kappa shape index (κ1) is 13.0. The lowest BCUT2D eigenvalue weighted by molar-refractivity contribution is 0.605. The molecule has 1 aromatic rings. The number of halogens is 1. The third-order valence-corrected chi connectivity index (χ3v) is 2.76. The van der Waals surface area contributed by atoms with Crippen molar-refractivity contribution in [2.45, 2.75) is 39.5 Å². The fourth-order valence-electron chi connectivity index (χ4n) is 1.76. The highest BCUT2D eigenvalue weighted by atomic mass is 19.1. The van der Waals surface area contributed by atoms with E-state index in [0.29, 0.717) is 0 Å². The third kappa shape index (κ3) is 3.84. The Labute approximate surface area is 98.3 Å². The molecule has 1 rings (SSSR count). The highest BCUT2D eigenvalue weighted by Crippen LogP contribution is 2.19. The van der Waals surface area contributed by atoms with Gasteiger partial charge in [-0.15, -0.1) is 0 Å². The predicted octanol–water partition coefficient (Wildman–Crippen LogP) is 4.23. The molecule has 0 atom stereocenters. The Hall–Kier alpha value is -1.05. The molecule has 0 bridgehead atoms. The summed E-state index contributed by atoms with van der Waals surface area (Å²) in [5, 5.41) is 0. The summed E-state index contributed by atoms with van der Waals surface area (Å²) in [7, 11) is 0. The van der Waals surface area contributed by atoms with E-state index in [4.69, 9.17) is 0 Å². The van der Waals surface area contributed by atoms with Gasteiger partial charge in [0.1, 0.15) is 5.82 Å². The van der Waals surface area contributed by atoms with Crippen molar-refractivity contribution < 1.29 is 4.39 Å². The quantitative estimate of drug-likeness (QED) is 0.668. The molecule has 0 aliphatic rings. The maximum Gasteiger partial charge on any atom is 0.146 e. The summed E-state index contributed by atoms with van der Waals surface area (Å²) < 4.78 is 13.7. The fraction of sp³-hybridized carbons (Fsp3) is 0.571. The second-order valence-corrected chi connectivity index (χ2v) is 4.15. The monoisotopic (exact) mass is 223 g/mol. The zero-order valence-electron chi connectivity index (χ0n) is 10.4. The van der Waals surface area contributed by atoms with Crippen LogP contribution in [-0.4, -0.2) is 13.1 Å². The lowest BCUT2D eigenvalue weighted by Gasteiger charge is -2.25. The fourth-order valence-corrected chi connectivity index (χ4v) is 1.76. The van der Waals surface area contributed by atoms with E-state index in [-0.39, 0.29) is 5.82 Å². The molecule has 0 N–H and O–H groups in total. The van der Waals surface area contributed by atoms with E-state index in [0.717, 1.165) is 44.5 Å². The molecule has 16 heavy (non-hydrogen) atoms. The van der Waals surface area contributed by atoms with Gasteiger partial charge in [0.25, 0.3) is 0 Å². The molecule has 0 aliphatic carbocycles. The number of nitrogens with zero attached hydrogens (tertiary/aromatic N) is 1. The number of hydrogen-bond donors (Lipinski definition) is 0. The van der Waals surface area contributed by atoms with Crippen LogP contribution in [-0.2, 0) is 0 Å². The molecule has 0 heterocycles. The number of hydrogen-bond acceptors (Lipinski definition) is 1. The van der Waals surface area contributed by atoms with Crippen molar-refractivity contribution in [3.63, 3.8) is 0 Å². The Bertz CT molecular complexity index is 291. The van der Waals surface area contributed by atoms with Crippen LogP contribution < -0.4 is 4.90 Å². The van der Waals surface area contributed by atoms with Crippen molar-refractivity contribution in [1.82, 2.24) is 0 Å². The molecular formula is C14H22FN. The van der Waals surface area contributed by atoms with Crippen LogP contribution in [0, 0.1) is 5.82 Å². The number of unbranched alkanes of at least 4 members (excludes halogenated alkanes) is 2. The normalized spacial score (nSPS) is 10.4. The summed E-state index contributed by atoms with van der Waals surface area (Å²) in [6.07, 6.45) is 4.55. The van der Waals surface area contributed by atoms with Gasteiger partial charge in [0.15, 0.2) is 0 Å². The van der Waals surface area contributed by atoms with Gasteiger partial charge in [-0.25, -0.2) is 4.39 Å². The predicted molar refractivity (Wildman–Crippen MR) is 68.4 cm³/mol. The summed E-state index contributed by atoms with van der Waals surface area (Å²) in [6, 6.07) is 7.07. The number of anilines is 1. The molecule has 1 aromatic carbocycles. The summed E-state index contributed by atoms with van der Waals surface area (Å²) in [6.45, 7) is 6.24. The first-order valence-electron chi connectivity index (χ1n) is 6.29. The van der Waals surface area contributed by atoms with Crippen LogP contribution >= 0.6 is 0 Å². The Morgan fingerprint density at radius 1 is 1.00 bits per heavy atom. The molecule has 0 spiro atoms. The van der Waals surface area contributed by atoms with E-state index >= 15 is 0 Å². The highest BCUT2D eigenvalue weighted by Gasteiger charge is 2.09. The average Bonchev–Trinajstić information content (AvgIpc) is 2.31. The number of benzene rings is 1. The minimum Gasteiger partial charge on any atom is -0.369 e. The molecule has 0 saturated heterocycles. The third-order valence-electron chi connectivity index (χ3n) is 2.76. The first-order valence-corrected chi connectivity index (χ1v) is 6.29. The van der Waals surface area contributed by atoms with E-state index in [1.165, 1.54) is 0 Å². The van der Waals surface area contributed by atoms with Crippen LogP contribution in [0.5, 0.6) is 0 Å². The standard InChI is InChI=1S/C14H22FN/c1-3-5-11-16(12-6-4-2)14-10-8-7-9-13(14)15/h7-10H,3-6,11-12H2,1-2H3. The summed E-state index contributed by atoms with van der Waals surface area (Å²) in [4.78, 5) is 2.17. The molecule has 1 nitrogen and oxygen atoms in total. The summed E-state index contributed by atoms with van der Waals surface area (Å²) in [5.74, 6) is -0.102. The van der Waals surface area contributed by atoms with Gasteiger partial charge in [-0.2, -0.15) is 0 Å². The van der Waals surface area contributed by atoms with Gasteiger partial charge >= 0.3 is 0 Å². The summed E-state index contributed by atoms with van der Waals surface area (Å²) in [5.41, 5.74) is 0.754. The van der Waals surface area contributed by atoms with Crippen LogP contribution in [0.3, 0.4) is 0 Å². The molecule has 2 heteroatoms. The molecule has 0 aliphatic heterocycles. The van der Waals surface area contributed by atoms with E-state index in [1.54, 1.807) is 12.1 Å². The van der Waals surface area contributed by atoms with Crippen LogP contribution in [0.15, 0.2) is 24.3 Å². The minimum absolute atomic E-state index is 0.102. The van der Waals surface area contributed by atoms with Crippen molar-refractivity contribution in [3.8, 4) is 0 Å². The molecule has 0 unspecified atom stereocenters. The molecular weight excluding hydrogens is 201 g/mol. The van der Waals surface area contributed by atoms with E-state index in [1.807, 2.05) is 12.1 Å². The van der Waals surface area contributed by atoms with Crippen molar-refractivity contribution in [2.75, 3.05) is 18.0 Å². The molecule has 0 saturated carbocycles. The zero-order valence-corrected chi connectivity index (χ0v) is 10.4. The Morgan fingerprint density at radius 3 is 2.06 bits per heavy atom. The van der Waals surface area contributed by atoms with Gasteiger partial charge in [0.2, 0.25) is 0 Å². The molecule has 0 fully saturated rings. The second kappa shape index (κ2) is 7.26. The van der Waals surface area contributed by atoms with Crippen molar-refractivity contribution >= 4 is 5.69 Å². The Morgan fingerprint density at radius 2 is 1.56 bits per heavy atom. The Balaban J connectivity index is 2.70. The molecule has 0 radical (unpaired) electrons. The lowest BCUT2D eigenvalue weighted by atomic mass is 10.2. The van der Waals surface area contributed by atoms with E-state index < -0.39 is 0 Å². The highest BCUT2D eigenvalue weighted by molar-refractivity contribution is 5.47. The zero-order chi connectivity index (χ0) is 11.8. The first-order chi connectivity index (χ1) is 7.79. The number of para-hydroxylation sites is 1. The SMILES string of the molecule is CCCCN(CCCC)c1ccccc1F.